The molecule has 79 heavy (non-hydrogen) atoms. The van der Waals surface area contributed by atoms with E-state index in [1.165, 1.54) is 12.8 Å². The average Bonchev–Trinajstić information content (AvgIpc) is 3.42. The number of rotatable bonds is 52. The zero-order valence-electron chi connectivity index (χ0n) is 49.9. The van der Waals surface area contributed by atoms with Gasteiger partial charge in [0.2, 0.25) is 0 Å². The van der Waals surface area contributed by atoms with Crippen molar-refractivity contribution < 1.29 is 42.9 Å². The van der Waals surface area contributed by atoms with Crippen molar-refractivity contribution in [2.45, 2.75) is 193 Å². The largest absolute Gasteiger partial charge is 0.545 e. The Labute approximate surface area is 481 Å². The van der Waals surface area contributed by atoms with Gasteiger partial charge in [-0.3, -0.25) is 9.59 Å². The van der Waals surface area contributed by atoms with E-state index in [4.69, 9.17) is 18.9 Å². The molecule has 0 saturated heterocycles. The van der Waals surface area contributed by atoms with E-state index in [2.05, 4.69) is 184 Å². The Hall–Kier alpha value is -5.61. The first-order valence-corrected chi connectivity index (χ1v) is 29.9. The Kier molecular flexibility index (Phi) is 54.4. The van der Waals surface area contributed by atoms with Crippen LogP contribution in [0, 0.1) is 0 Å². The fourth-order valence-electron chi connectivity index (χ4n) is 7.14. The molecular formula is C70H107NO8. The van der Waals surface area contributed by atoms with Gasteiger partial charge in [0.25, 0.3) is 0 Å². The Balaban J connectivity index is 4.36. The van der Waals surface area contributed by atoms with Gasteiger partial charge in [0.05, 0.1) is 40.3 Å². The van der Waals surface area contributed by atoms with E-state index in [1.54, 1.807) is 0 Å². The molecule has 0 aliphatic rings. The SMILES string of the molecule is CC/C=C\C/C=C\C/C=C\C/C=C\C/C=C\C/C=C\C/C=C\C/C=C\C/C=C\CCCCCCCCCC(=O)OC(COC(=O)CC/C=C\C/C=C\C/C=C\C/C=C\C/C=C\C/C=C\CC)COC(OCC[N+](C)(C)C)C(=O)[O-]. The molecule has 0 aliphatic carbocycles. The summed E-state index contributed by atoms with van der Waals surface area (Å²) >= 11 is 0. The monoisotopic (exact) mass is 1090 g/mol. The van der Waals surface area contributed by atoms with Crippen LogP contribution in [0.15, 0.2) is 182 Å². The van der Waals surface area contributed by atoms with Crippen molar-refractivity contribution in [2.24, 2.45) is 0 Å². The third-order valence-corrected chi connectivity index (χ3v) is 11.7. The predicted octanol–water partition coefficient (Wildman–Crippen LogP) is 16.8. The van der Waals surface area contributed by atoms with Gasteiger partial charge in [-0.2, -0.15) is 0 Å². The van der Waals surface area contributed by atoms with Gasteiger partial charge in [0, 0.05) is 12.8 Å². The Morgan fingerprint density at radius 1 is 0.380 bits per heavy atom. The van der Waals surface area contributed by atoms with Crippen molar-refractivity contribution in [3.63, 3.8) is 0 Å². The van der Waals surface area contributed by atoms with Gasteiger partial charge in [-0.15, -0.1) is 0 Å². The first kappa shape index (κ1) is 73.4. The molecule has 0 saturated carbocycles. The van der Waals surface area contributed by atoms with Crippen molar-refractivity contribution in [1.29, 1.82) is 0 Å². The maximum absolute atomic E-state index is 12.9. The summed E-state index contributed by atoms with van der Waals surface area (Å²) in [5, 5.41) is 11.8. The van der Waals surface area contributed by atoms with E-state index < -0.39 is 30.3 Å². The summed E-state index contributed by atoms with van der Waals surface area (Å²) in [7, 11) is 5.88. The molecule has 0 N–H and O–H groups in total. The Morgan fingerprint density at radius 3 is 1.06 bits per heavy atom. The molecule has 0 heterocycles. The fourth-order valence-corrected chi connectivity index (χ4v) is 7.14. The molecule has 0 aromatic carbocycles. The van der Waals surface area contributed by atoms with E-state index in [0.717, 1.165) is 128 Å². The number of quaternary nitrogens is 1. The lowest BCUT2D eigenvalue weighted by molar-refractivity contribution is -0.870. The number of nitrogens with zero attached hydrogens (tertiary/aromatic N) is 1. The number of esters is 2. The molecule has 0 aromatic rings. The van der Waals surface area contributed by atoms with E-state index in [9.17, 15) is 19.5 Å². The van der Waals surface area contributed by atoms with Gasteiger partial charge in [-0.05, 0) is 122 Å². The summed E-state index contributed by atoms with van der Waals surface area (Å²) in [6.07, 6.45) is 86.7. The molecule has 0 aliphatic heterocycles. The smallest absolute Gasteiger partial charge is 0.306 e. The lowest BCUT2D eigenvalue weighted by Gasteiger charge is -2.26. The molecular weight excluding hydrogens is 983 g/mol. The first-order chi connectivity index (χ1) is 38.6. The maximum Gasteiger partial charge on any atom is 0.306 e. The zero-order chi connectivity index (χ0) is 57.6. The Morgan fingerprint density at radius 2 is 0.709 bits per heavy atom. The van der Waals surface area contributed by atoms with Gasteiger partial charge in [0.15, 0.2) is 12.4 Å². The summed E-state index contributed by atoms with van der Waals surface area (Å²) in [5.41, 5.74) is 0. The number of likely N-dealkylation sites (N-methyl/N-ethyl adjacent to an activating group) is 1. The van der Waals surface area contributed by atoms with Crippen molar-refractivity contribution >= 4 is 17.9 Å². The lowest BCUT2D eigenvalue weighted by atomic mass is 10.1. The fraction of sp³-hybridized carbons (Fsp3) is 0.529. The third kappa shape index (κ3) is 59.9. The number of allylic oxidation sites excluding steroid dienone is 30. The summed E-state index contributed by atoms with van der Waals surface area (Å²) < 4.78 is 22.6. The molecule has 0 rings (SSSR count). The minimum atomic E-state index is -1.65. The van der Waals surface area contributed by atoms with Crippen LogP contribution in [0.1, 0.15) is 181 Å². The number of carbonyl (C=O) groups is 3. The normalized spacial score (nSPS) is 14.1. The highest BCUT2D eigenvalue weighted by Gasteiger charge is 2.21. The highest BCUT2D eigenvalue weighted by Crippen LogP contribution is 2.12. The second-order valence-electron chi connectivity index (χ2n) is 20.2. The second kappa shape index (κ2) is 58.5. The molecule has 2 atom stereocenters. The molecule has 9 heteroatoms. The van der Waals surface area contributed by atoms with E-state index >= 15 is 0 Å². The number of aliphatic carboxylic acids is 1. The summed E-state index contributed by atoms with van der Waals surface area (Å²) in [6.45, 7) is 4.38. The summed E-state index contributed by atoms with van der Waals surface area (Å²) in [4.78, 5) is 37.3. The topological polar surface area (TPSA) is 111 Å². The molecule has 0 fully saturated rings. The number of ether oxygens (including phenoxy) is 4. The number of carboxylic acid groups (broad SMARTS) is 1. The maximum atomic E-state index is 12.9. The van der Waals surface area contributed by atoms with Crippen LogP contribution in [0.5, 0.6) is 0 Å². The van der Waals surface area contributed by atoms with Crippen LogP contribution >= 0.6 is 0 Å². The number of carbonyl (C=O) groups excluding carboxylic acids is 3. The summed E-state index contributed by atoms with van der Waals surface area (Å²) in [5.74, 6) is -2.44. The lowest BCUT2D eigenvalue weighted by Crippen LogP contribution is -2.44. The average molecular weight is 1090 g/mol. The highest BCUT2D eigenvalue weighted by molar-refractivity contribution is 5.70. The molecule has 0 amide bonds. The number of hydrogen-bond acceptors (Lipinski definition) is 8. The molecule has 9 nitrogen and oxygen atoms in total. The Bertz CT molecular complexity index is 1940. The molecule has 0 spiro atoms. The summed E-state index contributed by atoms with van der Waals surface area (Å²) in [6, 6.07) is 0. The third-order valence-electron chi connectivity index (χ3n) is 11.7. The van der Waals surface area contributed by atoms with Crippen LogP contribution in [-0.2, 0) is 33.3 Å². The van der Waals surface area contributed by atoms with Gasteiger partial charge < -0.3 is 33.3 Å². The van der Waals surface area contributed by atoms with Gasteiger partial charge in [-0.25, -0.2) is 0 Å². The van der Waals surface area contributed by atoms with Crippen LogP contribution in [0.25, 0.3) is 0 Å². The second-order valence-corrected chi connectivity index (χ2v) is 20.2. The number of carboxylic acids is 1. The van der Waals surface area contributed by atoms with Gasteiger partial charge in [-0.1, -0.05) is 228 Å². The molecule has 0 bridgehead atoms. The van der Waals surface area contributed by atoms with E-state index in [1.807, 2.05) is 33.3 Å². The van der Waals surface area contributed by atoms with Gasteiger partial charge in [0.1, 0.15) is 13.2 Å². The molecule has 2 unspecified atom stereocenters. The minimum Gasteiger partial charge on any atom is -0.545 e. The minimum absolute atomic E-state index is 0.123. The quantitative estimate of drug-likeness (QED) is 0.0195. The standard InChI is InChI=1S/C70H107NO8/c1-6-8-10-12-14-16-18-20-22-24-26-27-28-29-30-31-32-33-34-35-36-37-38-39-40-41-43-45-47-49-51-53-55-57-59-61-68(73)79-66(65-78-70(69(74)75)76-63-62-71(3,4)5)64-77-67(72)60-58-56-54-52-50-48-46-44-42-25-23-21-19-17-15-13-11-9-7-2/h8-11,14-17,20-23,26-27,29-30,32-33,35-36,38-39,41-44,48,50,54,56,66,70H,6-7,12-13,18-19,24-25,28,31,34,37,40,45-47,49,51-53,55,57-65H2,1-5H3/b10-8-,11-9-,16-14-,17-15-,22-20-,23-21-,27-26-,30-29-,33-32-,36-35-,39-38-,43-41-,44-42-,50-48-,56-54-. The number of hydrogen-bond donors (Lipinski definition) is 0. The van der Waals surface area contributed by atoms with Crippen LogP contribution in [0.3, 0.4) is 0 Å². The molecule has 440 valence electrons. The predicted molar refractivity (Wildman–Crippen MR) is 333 cm³/mol. The van der Waals surface area contributed by atoms with Crippen molar-refractivity contribution in [3.8, 4) is 0 Å². The van der Waals surface area contributed by atoms with Crippen molar-refractivity contribution in [3.05, 3.63) is 182 Å². The molecule has 0 radical (unpaired) electrons. The van der Waals surface area contributed by atoms with Crippen LogP contribution in [-0.4, -0.2) is 82.3 Å². The molecule has 0 aromatic heterocycles. The van der Waals surface area contributed by atoms with Crippen LogP contribution in [0.4, 0.5) is 0 Å². The number of unbranched alkanes of at least 4 members (excludes halogenated alkanes) is 7. The highest BCUT2D eigenvalue weighted by atomic mass is 16.7. The van der Waals surface area contributed by atoms with Crippen LogP contribution < -0.4 is 5.11 Å². The van der Waals surface area contributed by atoms with E-state index in [0.29, 0.717) is 23.9 Å². The van der Waals surface area contributed by atoms with Crippen molar-refractivity contribution in [1.82, 2.24) is 0 Å². The van der Waals surface area contributed by atoms with E-state index in [-0.39, 0.29) is 32.7 Å². The van der Waals surface area contributed by atoms with Crippen LogP contribution in [0.2, 0.25) is 0 Å². The van der Waals surface area contributed by atoms with Crippen molar-refractivity contribution in [2.75, 3.05) is 47.5 Å². The van der Waals surface area contributed by atoms with Gasteiger partial charge >= 0.3 is 11.9 Å². The first-order valence-electron chi connectivity index (χ1n) is 29.9. The zero-order valence-corrected chi connectivity index (χ0v) is 49.9.